The van der Waals surface area contributed by atoms with Crippen LogP contribution < -0.4 is 4.74 Å². The third-order valence-electron chi connectivity index (χ3n) is 3.53. The van der Waals surface area contributed by atoms with Gasteiger partial charge in [-0.25, -0.2) is 9.59 Å². The normalized spacial score (nSPS) is 10.1. The molecule has 124 valence electrons. The first kappa shape index (κ1) is 16.5. The molecule has 3 aromatic carbocycles. The maximum atomic E-state index is 12.0. The van der Waals surface area contributed by atoms with E-state index in [0.717, 1.165) is 5.56 Å². The molecule has 0 spiro atoms. The molecular formula is C21H16O4. The molecule has 0 saturated carbocycles. The van der Waals surface area contributed by atoms with E-state index in [0.29, 0.717) is 17.9 Å². The van der Waals surface area contributed by atoms with Gasteiger partial charge in [0.25, 0.3) is 0 Å². The number of rotatable bonds is 5. The Hall–Kier alpha value is -3.40. The van der Waals surface area contributed by atoms with Gasteiger partial charge in [-0.3, -0.25) is 0 Å². The van der Waals surface area contributed by atoms with Gasteiger partial charge in [0.1, 0.15) is 12.4 Å². The number of hydrogen-bond acceptors (Lipinski definition) is 4. The molecule has 0 aliphatic heterocycles. The molecular weight excluding hydrogens is 316 g/mol. The highest BCUT2D eigenvalue weighted by Crippen LogP contribution is 2.15. The van der Waals surface area contributed by atoms with Crippen molar-refractivity contribution in [3.8, 4) is 5.75 Å². The van der Waals surface area contributed by atoms with Crippen molar-refractivity contribution in [1.82, 2.24) is 0 Å². The molecule has 0 unspecified atom stereocenters. The van der Waals surface area contributed by atoms with Crippen molar-refractivity contribution in [2.75, 3.05) is 0 Å². The third-order valence-corrected chi connectivity index (χ3v) is 3.53. The van der Waals surface area contributed by atoms with E-state index in [1.807, 2.05) is 30.3 Å². The van der Waals surface area contributed by atoms with Crippen LogP contribution in [0, 0.1) is 0 Å². The quantitative estimate of drug-likeness (QED) is 0.517. The van der Waals surface area contributed by atoms with Gasteiger partial charge in [0.15, 0.2) is 0 Å². The second kappa shape index (κ2) is 7.93. The molecule has 4 nitrogen and oxygen atoms in total. The molecule has 4 heteroatoms. The smallest absolute Gasteiger partial charge is 0.346 e. The van der Waals surface area contributed by atoms with Gasteiger partial charge in [0, 0.05) is 0 Å². The lowest BCUT2D eigenvalue weighted by Gasteiger charge is -2.07. The zero-order valence-electron chi connectivity index (χ0n) is 13.4. The Morgan fingerprint density at radius 2 is 1.16 bits per heavy atom. The van der Waals surface area contributed by atoms with E-state index >= 15 is 0 Å². The highest BCUT2D eigenvalue weighted by atomic mass is 16.6. The van der Waals surface area contributed by atoms with Crippen LogP contribution in [0.3, 0.4) is 0 Å². The first-order valence-electron chi connectivity index (χ1n) is 7.81. The lowest BCUT2D eigenvalue weighted by atomic mass is 10.2. The first-order valence-corrected chi connectivity index (χ1v) is 7.81. The van der Waals surface area contributed by atoms with E-state index < -0.39 is 11.9 Å². The predicted molar refractivity (Wildman–Crippen MR) is 93.4 cm³/mol. The Labute approximate surface area is 145 Å². The molecule has 0 heterocycles. The fraction of sp³-hybridized carbons (Fsp3) is 0.0476. The van der Waals surface area contributed by atoms with E-state index in [4.69, 9.17) is 9.47 Å². The molecule has 0 N–H and O–H groups in total. The Morgan fingerprint density at radius 1 is 0.640 bits per heavy atom. The number of carbonyl (C=O) groups excluding carboxylic acids is 2. The van der Waals surface area contributed by atoms with Gasteiger partial charge in [-0.1, -0.05) is 48.5 Å². The van der Waals surface area contributed by atoms with E-state index in [9.17, 15) is 9.59 Å². The van der Waals surface area contributed by atoms with Gasteiger partial charge >= 0.3 is 11.9 Å². The number of hydrogen-bond donors (Lipinski definition) is 0. The van der Waals surface area contributed by atoms with Gasteiger partial charge < -0.3 is 9.47 Å². The van der Waals surface area contributed by atoms with E-state index in [1.165, 1.54) is 0 Å². The SMILES string of the molecule is O=C(OC(=O)c1ccc(OCc2ccccc2)cc1)c1ccccc1. The van der Waals surface area contributed by atoms with Crippen LogP contribution in [-0.4, -0.2) is 11.9 Å². The zero-order valence-corrected chi connectivity index (χ0v) is 13.4. The maximum Gasteiger partial charge on any atom is 0.346 e. The standard InChI is InChI=1S/C21H16O4/c22-20(17-9-5-2-6-10-17)25-21(23)18-11-13-19(14-12-18)24-15-16-7-3-1-4-8-16/h1-14H,15H2. The third kappa shape index (κ3) is 4.54. The summed E-state index contributed by atoms with van der Waals surface area (Å²) in [7, 11) is 0. The lowest BCUT2D eigenvalue weighted by molar-refractivity contribution is 0.0398. The minimum Gasteiger partial charge on any atom is -0.489 e. The molecule has 0 bridgehead atoms. The molecule has 0 aliphatic carbocycles. The molecule has 0 fully saturated rings. The van der Waals surface area contributed by atoms with Crippen molar-refractivity contribution in [1.29, 1.82) is 0 Å². The summed E-state index contributed by atoms with van der Waals surface area (Å²) >= 11 is 0. The molecule has 25 heavy (non-hydrogen) atoms. The van der Waals surface area contributed by atoms with Crippen molar-refractivity contribution < 1.29 is 19.1 Å². The van der Waals surface area contributed by atoms with Crippen molar-refractivity contribution in [2.45, 2.75) is 6.61 Å². The van der Waals surface area contributed by atoms with Crippen molar-refractivity contribution in [2.24, 2.45) is 0 Å². The van der Waals surface area contributed by atoms with Crippen LogP contribution in [0.15, 0.2) is 84.9 Å². The van der Waals surface area contributed by atoms with Gasteiger partial charge in [-0.05, 0) is 42.0 Å². The van der Waals surface area contributed by atoms with E-state index in [-0.39, 0.29) is 5.56 Å². The Morgan fingerprint density at radius 3 is 1.76 bits per heavy atom. The Balaban J connectivity index is 1.58. The van der Waals surface area contributed by atoms with Crippen LogP contribution >= 0.6 is 0 Å². The molecule has 0 aromatic heterocycles. The molecule has 0 atom stereocenters. The summed E-state index contributed by atoms with van der Waals surface area (Å²) in [5.74, 6) is -0.728. The summed E-state index contributed by atoms with van der Waals surface area (Å²) < 4.78 is 10.5. The Kier molecular flexibility index (Phi) is 5.22. The molecule has 0 radical (unpaired) electrons. The monoisotopic (exact) mass is 332 g/mol. The fourth-order valence-electron chi connectivity index (χ4n) is 2.20. The highest BCUT2D eigenvalue weighted by Gasteiger charge is 2.14. The average molecular weight is 332 g/mol. The highest BCUT2D eigenvalue weighted by molar-refractivity contribution is 6.02. The van der Waals surface area contributed by atoms with Crippen molar-refractivity contribution >= 4 is 11.9 Å². The maximum absolute atomic E-state index is 12.0. The van der Waals surface area contributed by atoms with E-state index in [2.05, 4.69) is 0 Å². The summed E-state index contributed by atoms with van der Waals surface area (Å²) in [6.45, 7) is 0.442. The molecule has 3 rings (SSSR count). The van der Waals surface area contributed by atoms with Crippen LogP contribution in [0.2, 0.25) is 0 Å². The summed E-state index contributed by atoms with van der Waals surface area (Å²) in [6.07, 6.45) is 0. The second-order valence-corrected chi connectivity index (χ2v) is 5.34. The van der Waals surface area contributed by atoms with Crippen LogP contribution in [0.4, 0.5) is 0 Å². The van der Waals surface area contributed by atoms with Crippen LogP contribution in [-0.2, 0) is 11.3 Å². The van der Waals surface area contributed by atoms with Crippen LogP contribution in [0.1, 0.15) is 26.3 Å². The number of benzene rings is 3. The second-order valence-electron chi connectivity index (χ2n) is 5.34. The van der Waals surface area contributed by atoms with Gasteiger partial charge in [-0.15, -0.1) is 0 Å². The number of ether oxygens (including phenoxy) is 2. The van der Waals surface area contributed by atoms with Gasteiger partial charge in [0.05, 0.1) is 11.1 Å². The van der Waals surface area contributed by atoms with Crippen molar-refractivity contribution in [3.05, 3.63) is 102 Å². The summed E-state index contributed by atoms with van der Waals surface area (Å²) in [5, 5.41) is 0. The van der Waals surface area contributed by atoms with Gasteiger partial charge in [-0.2, -0.15) is 0 Å². The van der Waals surface area contributed by atoms with Gasteiger partial charge in [0.2, 0.25) is 0 Å². The number of carbonyl (C=O) groups is 2. The molecule has 0 aliphatic rings. The molecule has 0 amide bonds. The van der Waals surface area contributed by atoms with Crippen LogP contribution in [0.25, 0.3) is 0 Å². The minimum atomic E-state index is -0.691. The Bertz CT molecular complexity index is 840. The predicted octanol–water partition coefficient (Wildman–Crippen LogP) is 4.26. The topological polar surface area (TPSA) is 52.6 Å². The average Bonchev–Trinajstić information content (AvgIpc) is 2.68. The summed E-state index contributed by atoms with van der Waals surface area (Å²) in [6, 6.07) is 24.7. The minimum absolute atomic E-state index is 0.288. The summed E-state index contributed by atoms with van der Waals surface area (Å²) in [4.78, 5) is 23.9. The summed E-state index contributed by atoms with van der Waals surface area (Å²) in [5.41, 5.74) is 1.68. The lowest BCUT2D eigenvalue weighted by Crippen LogP contribution is -2.12. The molecule has 3 aromatic rings. The number of esters is 2. The van der Waals surface area contributed by atoms with Crippen LogP contribution in [0.5, 0.6) is 5.75 Å². The molecule has 0 saturated heterocycles. The van der Waals surface area contributed by atoms with Crippen molar-refractivity contribution in [3.63, 3.8) is 0 Å². The largest absolute Gasteiger partial charge is 0.489 e. The zero-order chi connectivity index (χ0) is 17.5. The van der Waals surface area contributed by atoms with E-state index in [1.54, 1.807) is 54.6 Å². The first-order chi connectivity index (χ1) is 12.2. The fourth-order valence-corrected chi connectivity index (χ4v) is 2.20.